The third-order valence-corrected chi connectivity index (χ3v) is 4.38. The van der Waals surface area contributed by atoms with Gasteiger partial charge in [-0.2, -0.15) is 0 Å². The van der Waals surface area contributed by atoms with E-state index in [9.17, 15) is 14.9 Å². The minimum atomic E-state index is -0.542. The van der Waals surface area contributed by atoms with Crippen LogP contribution in [0.3, 0.4) is 0 Å². The van der Waals surface area contributed by atoms with Crippen molar-refractivity contribution in [3.8, 4) is 10.8 Å². The molecule has 0 unspecified atom stereocenters. The van der Waals surface area contributed by atoms with Crippen LogP contribution in [0.5, 0.6) is 10.8 Å². The lowest BCUT2D eigenvalue weighted by Gasteiger charge is -2.06. The second kappa shape index (κ2) is 6.06. The topological polar surface area (TPSA) is 69.4 Å². The Balaban J connectivity index is 2.42. The molecule has 0 bridgehead atoms. The number of carbonyl (C=O) groups is 1. The van der Waals surface area contributed by atoms with Crippen LogP contribution in [0.15, 0.2) is 35.2 Å². The Bertz CT molecular complexity index is 666. The quantitative estimate of drug-likeness (QED) is 0.355. The number of benzene rings is 1. The second-order valence-corrected chi connectivity index (χ2v) is 5.71. The van der Waals surface area contributed by atoms with E-state index in [1.165, 1.54) is 24.8 Å². The fraction of sp³-hybridized carbons (Fsp3) is 0.154. The Labute approximate surface area is 123 Å². The molecule has 104 valence electrons. The van der Waals surface area contributed by atoms with Crippen molar-refractivity contribution in [3.63, 3.8) is 0 Å². The van der Waals surface area contributed by atoms with Gasteiger partial charge in [-0.05, 0) is 25.3 Å². The number of thioether (sulfide) groups is 1. The minimum absolute atomic E-state index is 0.127. The van der Waals surface area contributed by atoms with Gasteiger partial charge in [-0.1, -0.05) is 23.5 Å². The number of ketones is 1. The van der Waals surface area contributed by atoms with Crippen molar-refractivity contribution in [3.05, 3.63) is 45.3 Å². The molecule has 0 atom stereocenters. The predicted octanol–water partition coefficient (Wildman–Crippen LogP) is 4.37. The molecule has 5 nitrogen and oxygen atoms in total. The van der Waals surface area contributed by atoms with Gasteiger partial charge in [0.2, 0.25) is 0 Å². The zero-order chi connectivity index (χ0) is 14.7. The van der Waals surface area contributed by atoms with Gasteiger partial charge in [-0.25, -0.2) is 0 Å². The standard InChI is InChI=1S/C13H11NO4S2/c1-8(15)12-7-9(14(16)17)13(20-12)18-10-5-3-4-6-11(10)19-2/h3-7H,1-2H3. The highest BCUT2D eigenvalue weighted by molar-refractivity contribution is 7.98. The third kappa shape index (κ3) is 3.00. The lowest BCUT2D eigenvalue weighted by molar-refractivity contribution is -0.385. The molecule has 0 amide bonds. The number of para-hydroxylation sites is 1. The minimum Gasteiger partial charge on any atom is -0.439 e. The van der Waals surface area contributed by atoms with E-state index in [0.29, 0.717) is 10.6 Å². The van der Waals surface area contributed by atoms with Crippen molar-refractivity contribution in [1.82, 2.24) is 0 Å². The van der Waals surface area contributed by atoms with Crippen LogP contribution in [-0.4, -0.2) is 17.0 Å². The van der Waals surface area contributed by atoms with Gasteiger partial charge in [0.15, 0.2) is 5.78 Å². The zero-order valence-corrected chi connectivity index (χ0v) is 12.4. The number of carbonyl (C=O) groups excluding carboxylic acids is 1. The Kier molecular flexibility index (Phi) is 4.41. The summed E-state index contributed by atoms with van der Waals surface area (Å²) in [7, 11) is 0. The zero-order valence-electron chi connectivity index (χ0n) is 10.8. The molecule has 0 saturated carbocycles. The van der Waals surface area contributed by atoms with Crippen molar-refractivity contribution in [2.75, 3.05) is 6.26 Å². The summed E-state index contributed by atoms with van der Waals surface area (Å²) in [5.41, 5.74) is -0.184. The molecule has 0 N–H and O–H groups in total. The maximum atomic E-state index is 11.3. The molecule has 0 radical (unpaired) electrons. The van der Waals surface area contributed by atoms with E-state index >= 15 is 0 Å². The van der Waals surface area contributed by atoms with E-state index in [1.54, 1.807) is 12.1 Å². The van der Waals surface area contributed by atoms with Crippen LogP contribution in [0.25, 0.3) is 0 Å². The van der Waals surface area contributed by atoms with Gasteiger partial charge in [-0.3, -0.25) is 14.9 Å². The smallest absolute Gasteiger partial charge is 0.323 e. The summed E-state index contributed by atoms with van der Waals surface area (Å²) < 4.78 is 5.63. The van der Waals surface area contributed by atoms with Crippen LogP contribution >= 0.6 is 23.1 Å². The molecular weight excluding hydrogens is 298 g/mol. The van der Waals surface area contributed by atoms with E-state index < -0.39 is 4.92 Å². The first kappa shape index (κ1) is 14.5. The number of thiophene rings is 1. The number of rotatable bonds is 5. The summed E-state index contributed by atoms with van der Waals surface area (Å²) in [6.07, 6.45) is 1.89. The van der Waals surface area contributed by atoms with Crippen molar-refractivity contribution in [1.29, 1.82) is 0 Å². The van der Waals surface area contributed by atoms with Crippen LogP contribution in [0.4, 0.5) is 5.69 Å². The molecule has 7 heteroatoms. The molecule has 0 aliphatic carbocycles. The summed E-state index contributed by atoms with van der Waals surface area (Å²) in [5, 5.41) is 11.1. The molecule has 1 aromatic heterocycles. The number of Topliss-reactive ketones (excluding diaryl/α,β-unsaturated/α-hetero) is 1. The predicted molar refractivity (Wildman–Crippen MR) is 79.3 cm³/mol. The van der Waals surface area contributed by atoms with Crippen LogP contribution in [0, 0.1) is 10.1 Å². The Morgan fingerprint density at radius 3 is 2.70 bits per heavy atom. The number of ether oxygens (including phenoxy) is 1. The molecule has 0 aliphatic heterocycles. The average molecular weight is 309 g/mol. The van der Waals surface area contributed by atoms with E-state index in [4.69, 9.17) is 4.74 Å². The summed E-state index contributed by atoms with van der Waals surface area (Å²) in [6.45, 7) is 1.37. The van der Waals surface area contributed by atoms with Crippen molar-refractivity contribution in [2.45, 2.75) is 11.8 Å². The number of nitro groups is 1. The van der Waals surface area contributed by atoms with Gasteiger partial charge in [0.05, 0.1) is 9.80 Å². The molecule has 1 heterocycles. The highest BCUT2D eigenvalue weighted by Gasteiger charge is 2.23. The van der Waals surface area contributed by atoms with Gasteiger partial charge in [-0.15, -0.1) is 11.8 Å². The van der Waals surface area contributed by atoms with E-state index in [0.717, 1.165) is 16.2 Å². The Hall–Kier alpha value is -1.86. The van der Waals surface area contributed by atoms with Gasteiger partial charge in [0.25, 0.3) is 5.06 Å². The van der Waals surface area contributed by atoms with Crippen molar-refractivity contribution >= 4 is 34.6 Å². The molecule has 0 saturated heterocycles. The lowest BCUT2D eigenvalue weighted by atomic mass is 10.3. The van der Waals surface area contributed by atoms with Gasteiger partial charge >= 0.3 is 5.69 Å². The largest absolute Gasteiger partial charge is 0.439 e. The number of hydrogen-bond acceptors (Lipinski definition) is 6. The fourth-order valence-corrected chi connectivity index (χ4v) is 2.95. The van der Waals surface area contributed by atoms with E-state index in [1.807, 2.05) is 18.4 Å². The Morgan fingerprint density at radius 2 is 2.10 bits per heavy atom. The van der Waals surface area contributed by atoms with E-state index in [2.05, 4.69) is 0 Å². The number of hydrogen-bond donors (Lipinski definition) is 0. The molecule has 0 fully saturated rings. The highest BCUT2D eigenvalue weighted by Crippen LogP contribution is 2.42. The van der Waals surface area contributed by atoms with Crippen molar-refractivity contribution < 1.29 is 14.5 Å². The monoisotopic (exact) mass is 309 g/mol. The van der Waals surface area contributed by atoms with Gasteiger partial charge < -0.3 is 4.74 Å². The average Bonchev–Trinajstić information content (AvgIpc) is 2.84. The SMILES string of the molecule is CSc1ccccc1Oc1sc(C(C)=O)cc1[N+](=O)[O-]. The number of nitrogens with zero attached hydrogens (tertiary/aromatic N) is 1. The second-order valence-electron chi connectivity index (χ2n) is 3.85. The van der Waals surface area contributed by atoms with Gasteiger partial charge in [0.1, 0.15) is 5.75 Å². The first-order valence-corrected chi connectivity index (χ1v) is 7.67. The van der Waals surface area contributed by atoms with Crippen LogP contribution < -0.4 is 4.74 Å². The summed E-state index contributed by atoms with van der Waals surface area (Å²) in [6, 6.07) is 8.51. The van der Waals surface area contributed by atoms with Crippen LogP contribution in [-0.2, 0) is 0 Å². The fourth-order valence-electron chi connectivity index (χ4n) is 1.54. The summed E-state index contributed by atoms with van der Waals surface area (Å²) >= 11 is 2.47. The van der Waals surface area contributed by atoms with Crippen LogP contribution in [0.2, 0.25) is 0 Å². The van der Waals surface area contributed by atoms with E-state index in [-0.39, 0.29) is 16.5 Å². The molecule has 0 spiro atoms. The van der Waals surface area contributed by atoms with Crippen LogP contribution in [0.1, 0.15) is 16.6 Å². The molecule has 2 rings (SSSR count). The maximum Gasteiger partial charge on any atom is 0.323 e. The third-order valence-electron chi connectivity index (χ3n) is 2.50. The first-order valence-electron chi connectivity index (χ1n) is 5.63. The molecule has 2 aromatic rings. The maximum absolute atomic E-state index is 11.3. The highest BCUT2D eigenvalue weighted by atomic mass is 32.2. The summed E-state index contributed by atoms with van der Waals surface area (Å²) in [4.78, 5) is 23.0. The van der Waals surface area contributed by atoms with Gasteiger partial charge in [0, 0.05) is 11.0 Å². The van der Waals surface area contributed by atoms with Crippen molar-refractivity contribution in [2.24, 2.45) is 0 Å². The molecule has 1 aromatic carbocycles. The molecular formula is C13H11NO4S2. The molecule has 20 heavy (non-hydrogen) atoms. The first-order chi connectivity index (χ1) is 9.52. The normalized spacial score (nSPS) is 10.3. The lowest BCUT2D eigenvalue weighted by Crippen LogP contribution is -1.90. The molecule has 0 aliphatic rings. The Morgan fingerprint density at radius 1 is 1.40 bits per heavy atom. The summed E-state index contributed by atoms with van der Waals surface area (Å²) in [5.74, 6) is 0.325.